The molecule has 1 aliphatic rings. The summed E-state index contributed by atoms with van der Waals surface area (Å²) in [6.07, 6.45) is 5.94. The van der Waals surface area contributed by atoms with Gasteiger partial charge < -0.3 is 5.32 Å². The maximum atomic E-state index is 12.5. The van der Waals surface area contributed by atoms with Crippen molar-refractivity contribution in [3.63, 3.8) is 0 Å². The predicted molar refractivity (Wildman–Crippen MR) is 98.7 cm³/mol. The minimum absolute atomic E-state index is 0.100. The van der Waals surface area contributed by atoms with Gasteiger partial charge in [-0.1, -0.05) is 54.5 Å². The molecule has 4 rings (SSSR count). The molecule has 2 aromatic heterocycles. The summed E-state index contributed by atoms with van der Waals surface area (Å²) in [6.45, 7) is 1.94. The van der Waals surface area contributed by atoms with Gasteiger partial charge in [0.1, 0.15) is 0 Å². The van der Waals surface area contributed by atoms with Crippen molar-refractivity contribution >= 4 is 44.2 Å². The highest BCUT2D eigenvalue weighted by molar-refractivity contribution is 8.00. The molecule has 1 aliphatic carbocycles. The van der Waals surface area contributed by atoms with E-state index in [1.54, 1.807) is 11.3 Å². The molecule has 0 saturated heterocycles. The largest absolute Gasteiger partial charge is 0.352 e. The molecule has 1 unspecified atom stereocenters. The fourth-order valence-electron chi connectivity index (χ4n) is 3.21. The molecule has 1 saturated carbocycles. The summed E-state index contributed by atoms with van der Waals surface area (Å²) >= 11 is 3.10. The number of nitrogens with zero attached hydrogens (tertiary/aromatic N) is 3. The van der Waals surface area contributed by atoms with Crippen LogP contribution in [0.2, 0.25) is 0 Å². The number of carbonyl (C=O) groups excluding carboxylic acids is 1. The first-order valence-corrected chi connectivity index (χ1v) is 10.1. The van der Waals surface area contributed by atoms with Crippen molar-refractivity contribution in [3.05, 3.63) is 24.3 Å². The van der Waals surface area contributed by atoms with Gasteiger partial charge in [0.15, 0.2) is 5.16 Å². The van der Waals surface area contributed by atoms with Crippen LogP contribution in [-0.4, -0.2) is 31.8 Å². The number of hydrogen-bond acceptors (Lipinski definition) is 5. The van der Waals surface area contributed by atoms with E-state index in [1.807, 2.05) is 19.1 Å². The first-order valence-electron chi connectivity index (χ1n) is 8.42. The van der Waals surface area contributed by atoms with Gasteiger partial charge in [-0.2, -0.15) is 0 Å². The predicted octanol–water partition coefficient (Wildman–Crippen LogP) is 3.87. The average Bonchev–Trinajstić information content (AvgIpc) is 3.15. The second-order valence-electron chi connectivity index (χ2n) is 6.27. The molecule has 1 N–H and O–H groups in total. The summed E-state index contributed by atoms with van der Waals surface area (Å²) < 4.78 is 3.23. The molecular formula is C17H20N4OS2. The zero-order chi connectivity index (χ0) is 16.5. The average molecular weight is 361 g/mol. The zero-order valence-electron chi connectivity index (χ0n) is 13.6. The maximum absolute atomic E-state index is 12.5. The molecule has 2 heterocycles. The van der Waals surface area contributed by atoms with Crippen molar-refractivity contribution < 1.29 is 4.79 Å². The molecule has 3 aromatic rings. The van der Waals surface area contributed by atoms with Crippen molar-refractivity contribution in [3.8, 4) is 0 Å². The van der Waals surface area contributed by atoms with Gasteiger partial charge >= 0.3 is 0 Å². The Balaban J connectivity index is 1.51. The first kappa shape index (κ1) is 15.9. The van der Waals surface area contributed by atoms with Crippen LogP contribution in [0.5, 0.6) is 0 Å². The van der Waals surface area contributed by atoms with Gasteiger partial charge in [0.05, 0.1) is 15.5 Å². The van der Waals surface area contributed by atoms with E-state index in [-0.39, 0.29) is 11.2 Å². The molecule has 1 amide bonds. The van der Waals surface area contributed by atoms with Crippen molar-refractivity contribution in [2.75, 3.05) is 0 Å². The number of benzene rings is 1. The van der Waals surface area contributed by atoms with Crippen LogP contribution in [0.1, 0.15) is 39.0 Å². The molecule has 0 radical (unpaired) electrons. The minimum Gasteiger partial charge on any atom is -0.352 e. The van der Waals surface area contributed by atoms with E-state index >= 15 is 0 Å². The maximum Gasteiger partial charge on any atom is 0.233 e. The Kier molecular flexibility index (Phi) is 4.45. The number of nitrogens with one attached hydrogen (secondary N) is 1. The van der Waals surface area contributed by atoms with Gasteiger partial charge in [0.25, 0.3) is 0 Å². The molecule has 7 heteroatoms. The summed E-state index contributed by atoms with van der Waals surface area (Å²) in [4.78, 5) is 13.4. The van der Waals surface area contributed by atoms with Crippen LogP contribution in [0, 0.1) is 0 Å². The van der Waals surface area contributed by atoms with Gasteiger partial charge in [0, 0.05) is 6.04 Å². The lowest BCUT2D eigenvalue weighted by molar-refractivity contribution is -0.121. The van der Waals surface area contributed by atoms with Crippen molar-refractivity contribution in [1.29, 1.82) is 0 Å². The third kappa shape index (κ3) is 3.02. The number of fused-ring (bicyclic) bond motifs is 3. The highest BCUT2D eigenvalue weighted by atomic mass is 32.2. The summed E-state index contributed by atoms with van der Waals surface area (Å²) in [7, 11) is 0. The smallest absolute Gasteiger partial charge is 0.233 e. The highest BCUT2D eigenvalue weighted by Gasteiger charge is 2.23. The van der Waals surface area contributed by atoms with Crippen LogP contribution in [0.4, 0.5) is 0 Å². The lowest BCUT2D eigenvalue weighted by Gasteiger charge is -2.24. The Morgan fingerprint density at radius 2 is 2.08 bits per heavy atom. The number of thioether (sulfide) groups is 1. The van der Waals surface area contributed by atoms with Crippen LogP contribution in [-0.2, 0) is 4.79 Å². The van der Waals surface area contributed by atoms with Gasteiger partial charge in [-0.3, -0.25) is 9.20 Å². The van der Waals surface area contributed by atoms with E-state index in [4.69, 9.17) is 0 Å². The van der Waals surface area contributed by atoms with E-state index in [9.17, 15) is 4.79 Å². The Morgan fingerprint density at radius 1 is 1.29 bits per heavy atom. The molecule has 5 nitrogen and oxygen atoms in total. The van der Waals surface area contributed by atoms with Crippen LogP contribution >= 0.6 is 23.1 Å². The molecule has 0 aliphatic heterocycles. The minimum atomic E-state index is -0.182. The van der Waals surface area contributed by atoms with E-state index in [1.165, 1.54) is 35.7 Å². The third-order valence-corrected chi connectivity index (χ3v) is 6.57. The van der Waals surface area contributed by atoms with Gasteiger partial charge in [-0.15, -0.1) is 10.2 Å². The Bertz CT molecular complexity index is 866. The fraction of sp³-hybridized carbons (Fsp3) is 0.471. The number of para-hydroxylation sites is 1. The number of hydrogen-bond donors (Lipinski definition) is 1. The molecule has 126 valence electrons. The monoisotopic (exact) mass is 360 g/mol. The van der Waals surface area contributed by atoms with Crippen molar-refractivity contribution in [2.24, 2.45) is 0 Å². The zero-order valence-corrected chi connectivity index (χ0v) is 15.2. The molecule has 1 aromatic carbocycles. The van der Waals surface area contributed by atoms with Crippen LogP contribution in [0.3, 0.4) is 0 Å². The number of rotatable bonds is 4. The van der Waals surface area contributed by atoms with Crippen LogP contribution in [0.15, 0.2) is 29.4 Å². The van der Waals surface area contributed by atoms with Crippen molar-refractivity contribution in [2.45, 2.75) is 55.5 Å². The summed E-state index contributed by atoms with van der Waals surface area (Å²) in [5.74, 6) is 0.100. The van der Waals surface area contributed by atoms with E-state index in [0.717, 1.165) is 28.5 Å². The second-order valence-corrected chi connectivity index (χ2v) is 8.59. The summed E-state index contributed by atoms with van der Waals surface area (Å²) in [6, 6.07) is 8.54. The second kappa shape index (κ2) is 6.72. The van der Waals surface area contributed by atoms with Crippen LogP contribution < -0.4 is 5.32 Å². The standard InChI is InChI=1S/C17H20N4OS2/c1-11(15(22)18-12-7-3-2-4-8-12)23-16-19-20-17-21(16)13-9-5-6-10-14(13)24-17/h5-6,9-12H,2-4,7-8H2,1H3,(H,18,22). The third-order valence-electron chi connectivity index (χ3n) is 4.51. The number of amides is 1. The molecule has 24 heavy (non-hydrogen) atoms. The molecular weight excluding hydrogens is 340 g/mol. The lowest BCUT2D eigenvalue weighted by atomic mass is 9.95. The van der Waals surface area contributed by atoms with E-state index < -0.39 is 0 Å². The quantitative estimate of drug-likeness (QED) is 0.718. The Morgan fingerprint density at radius 3 is 2.92 bits per heavy atom. The summed E-state index contributed by atoms with van der Waals surface area (Å²) in [5, 5.41) is 12.3. The Hall–Kier alpha value is -1.60. The van der Waals surface area contributed by atoms with E-state index in [2.05, 4.69) is 32.0 Å². The van der Waals surface area contributed by atoms with Gasteiger partial charge in [-0.05, 0) is 31.9 Å². The number of aromatic nitrogens is 3. The van der Waals surface area contributed by atoms with Gasteiger partial charge in [-0.25, -0.2) is 0 Å². The van der Waals surface area contributed by atoms with Crippen LogP contribution in [0.25, 0.3) is 15.2 Å². The molecule has 0 bridgehead atoms. The van der Waals surface area contributed by atoms with E-state index in [0.29, 0.717) is 6.04 Å². The number of carbonyl (C=O) groups is 1. The highest BCUT2D eigenvalue weighted by Crippen LogP contribution is 2.31. The lowest BCUT2D eigenvalue weighted by Crippen LogP contribution is -2.40. The molecule has 0 spiro atoms. The topological polar surface area (TPSA) is 59.3 Å². The number of thiazole rings is 1. The SMILES string of the molecule is CC(Sc1nnc2sc3ccccc3n12)C(=O)NC1CCCCC1. The Labute approximate surface area is 148 Å². The molecule has 1 atom stereocenters. The molecule has 1 fully saturated rings. The first-order chi connectivity index (χ1) is 11.7. The van der Waals surface area contributed by atoms with Crippen molar-refractivity contribution in [1.82, 2.24) is 19.9 Å². The fourth-order valence-corrected chi connectivity index (χ4v) is 5.10. The normalized spacial score (nSPS) is 17.4. The van der Waals surface area contributed by atoms with Gasteiger partial charge in [0.2, 0.25) is 10.9 Å². The summed E-state index contributed by atoms with van der Waals surface area (Å²) in [5.41, 5.74) is 1.10.